The van der Waals surface area contributed by atoms with Gasteiger partial charge in [0.25, 0.3) is 10.0 Å². The number of rotatable bonds is 6. The second-order valence-corrected chi connectivity index (χ2v) is 8.89. The van der Waals surface area contributed by atoms with Gasteiger partial charge in [0.05, 0.1) is 23.0 Å². The number of benzene rings is 3. The van der Waals surface area contributed by atoms with Crippen LogP contribution in [0.5, 0.6) is 5.75 Å². The van der Waals surface area contributed by atoms with Gasteiger partial charge in [-0.05, 0) is 61.0 Å². The van der Waals surface area contributed by atoms with E-state index in [1.54, 1.807) is 36.4 Å². The molecule has 9 heteroatoms. The number of nitrogens with zero attached hydrogens (tertiary/aromatic N) is 2. The zero-order valence-electron chi connectivity index (χ0n) is 16.8. The molecule has 0 saturated carbocycles. The first-order valence-corrected chi connectivity index (χ1v) is 11.2. The van der Waals surface area contributed by atoms with Crippen LogP contribution in [-0.2, 0) is 10.0 Å². The van der Waals surface area contributed by atoms with Crippen LogP contribution in [0.4, 0.5) is 17.3 Å². The van der Waals surface area contributed by atoms with E-state index in [4.69, 9.17) is 16.3 Å². The lowest BCUT2D eigenvalue weighted by atomic mass is 10.2. The highest BCUT2D eigenvalue weighted by atomic mass is 35.5. The van der Waals surface area contributed by atoms with Gasteiger partial charge in [0.2, 0.25) is 0 Å². The number of hydrogen-bond donors (Lipinski definition) is 2. The second-order valence-electron chi connectivity index (χ2n) is 6.77. The topological polar surface area (TPSA) is 93.2 Å². The summed E-state index contributed by atoms with van der Waals surface area (Å²) in [7, 11) is -2.40. The first kappa shape index (κ1) is 20.9. The fourth-order valence-electron chi connectivity index (χ4n) is 2.96. The van der Waals surface area contributed by atoms with Crippen LogP contribution >= 0.6 is 11.6 Å². The summed E-state index contributed by atoms with van der Waals surface area (Å²) in [5, 5.41) is 3.70. The normalized spacial score (nSPS) is 11.3. The Hall–Kier alpha value is -3.36. The second kappa shape index (κ2) is 8.41. The minimum absolute atomic E-state index is 0.0770. The molecule has 158 valence electrons. The Bertz CT molecular complexity index is 1360. The zero-order valence-corrected chi connectivity index (χ0v) is 18.3. The zero-order chi connectivity index (χ0) is 22.0. The SMILES string of the molecule is COc1ccc(S(=O)(=O)Nc2nc3ccccc3nc2Nc2cc(Cl)ccc2C)cc1. The van der Waals surface area contributed by atoms with E-state index >= 15 is 0 Å². The van der Waals surface area contributed by atoms with Gasteiger partial charge in [-0.2, -0.15) is 0 Å². The van der Waals surface area contributed by atoms with Crippen molar-refractivity contribution in [2.75, 3.05) is 17.1 Å². The number of halogens is 1. The van der Waals surface area contributed by atoms with Crippen molar-refractivity contribution in [3.63, 3.8) is 0 Å². The standard InChI is InChI=1S/C22H19ClN4O3S/c1-14-7-8-15(23)13-20(14)26-21-22(25-19-6-4-3-5-18(19)24-21)27-31(28,29)17-11-9-16(30-2)10-12-17/h3-13H,1-2H3,(H,24,26)(H,25,27). The maximum Gasteiger partial charge on any atom is 0.263 e. The summed E-state index contributed by atoms with van der Waals surface area (Å²) in [4.78, 5) is 9.15. The van der Waals surface area contributed by atoms with Gasteiger partial charge in [0, 0.05) is 10.7 Å². The Morgan fingerprint density at radius 3 is 2.19 bits per heavy atom. The Balaban J connectivity index is 1.78. The van der Waals surface area contributed by atoms with Crippen LogP contribution in [-0.4, -0.2) is 25.5 Å². The largest absolute Gasteiger partial charge is 0.497 e. The van der Waals surface area contributed by atoms with Crippen molar-refractivity contribution in [2.24, 2.45) is 0 Å². The molecule has 0 aliphatic rings. The van der Waals surface area contributed by atoms with E-state index in [1.807, 2.05) is 25.1 Å². The van der Waals surface area contributed by atoms with Crippen molar-refractivity contribution < 1.29 is 13.2 Å². The Labute approximate surface area is 185 Å². The number of methoxy groups -OCH3 is 1. The third kappa shape index (κ3) is 4.55. The van der Waals surface area contributed by atoms with Crippen molar-refractivity contribution in [1.29, 1.82) is 0 Å². The summed E-state index contributed by atoms with van der Waals surface area (Å²) < 4.78 is 33.6. The van der Waals surface area contributed by atoms with E-state index in [2.05, 4.69) is 20.0 Å². The van der Waals surface area contributed by atoms with Gasteiger partial charge in [-0.25, -0.2) is 18.4 Å². The fourth-order valence-corrected chi connectivity index (χ4v) is 4.14. The molecule has 3 aromatic carbocycles. The van der Waals surface area contributed by atoms with Crippen molar-refractivity contribution >= 4 is 50.0 Å². The van der Waals surface area contributed by atoms with Crippen molar-refractivity contribution in [3.05, 3.63) is 77.3 Å². The highest BCUT2D eigenvalue weighted by molar-refractivity contribution is 7.92. The van der Waals surface area contributed by atoms with Gasteiger partial charge < -0.3 is 10.1 Å². The Morgan fingerprint density at radius 1 is 0.903 bits per heavy atom. The van der Waals surface area contributed by atoms with E-state index < -0.39 is 10.0 Å². The summed E-state index contributed by atoms with van der Waals surface area (Å²) in [6.07, 6.45) is 0. The molecule has 4 aromatic rings. The van der Waals surface area contributed by atoms with Crippen molar-refractivity contribution in [3.8, 4) is 5.75 Å². The molecule has 2 N–H and O–H groups in total. The molecule has 0 aliphatic heterocycles. The lowest BCUT2D eigenvalue weighted by Gasteiger charge is -2.15. The number of nitrogens with one attached hydrogen (secondary N) is 2. The predicted octanol–water partition coefficient (Wildman–Crippen LogP) is 5.14. The van der Waals surface area contributed by atoms with Gasteiger partial charge in [-0.15, -0.1) is 0 Å². The quantitative estimate of drug-likeness (QED) is 0.418. The maximum absolute atomic E-state index is 13.0. The molecule has 0 amide bonds. The van der Waals surface area contributed by atoms with Gasteiger partial charge >= 0.3 is 0 Å². The minimum Gasteiger partial charge on any atom is -0.497 e. The van der Waals surface area contributed by atoms with Gasteiger partial charge in [0.15, 0.2) is 11.6 Å². The van der Waals surface area contributed by atoms with Crippen LogP contribution < -0.4 is 14.8 Å². The number of para-hydroxylation sites is 2. The molecule has 0 unspecified atom stereocenters. The highest BCUT2D eigenvalue weighted by Gasteiger charge is 2.19. The summed E-state index contributed by atoms with van der Waals surface area (Å²) in [5.41, 5.74) is 2.80. The van der Waals surface area contributed by atoms with E-state index in [-0.39, 0.29) is 16.5 Å². The van der Waals surface area contributed by atoms with Gasteiger partial charge in [-0.1, -0.05) is 29.8 Å². The number of sulfonamides is 1. The third-order valence-electron chi connectivity index (χ3n) is 4.62. The maximum atomic E-state index is 13.0. The smallest absolute Gasteiger partial charge is 0.263 e. The van der Waals surface area contributed by atoms with Crippen LogP contribution in [0.15, 0.2) is 71.6 Å². The lowest BCUT2D eigenvalue weighted by Crippen LogP contribution is -2.16. The number of fused-ring (bicyclic) bond motifs is 1. The minimum atomic E-state index is -3.91. The number of hydrogen-bond acceptors (Lipinski definition) is 6. The molecule has 0 fully saturated rings. The average molecular weight is 455 g/mol. The number of aromatic nitrogens is 2. The third-order valence-corrected chi connectivity index (χ3v) is 6.21. The van der Waals surface area contributed by atoms with Crippen LogP contribution in [0, 0.1) is 6.92 Å². The summed E-state index contributed by atoms with van der Waals surface area (Å²) in [6, 6.07) is 18.7. The summed E-state index contributed by atoms with van der Waals surface area (Å²) >= 11 is 6.13. The molecule has 0 bridgehead atoms. The molecule has 0 aliphatic carbocycles. The molecule has 7 nitrogen and oxygen atoms in total. The van der Waals surface area contributed by atoms with E-state index in [0.717, 1.165) is 5.56 Å². The molecule has 31 heavy (non-hydrogen) atoms. The lowest BCUT2D eigenvalue weighted by molar-refractivity contribution is 0.414. The molecule has 4 rings (SSSR count). The predicted molar refractivity (Wildman–Crippen MR) is 123 cm³/mol. The molecular weight excluding hydrogens is 436 g/mol. The van der Waals surface area contributed by atoms with Crippen LogP contribution in [0.2, 0.25) is 5.02 Å². The molecule has 1 aromatic heterocycles. The van der Waals surface area contributed by atoms with Crippen LogP contribution in [0.25, 0.3) is 11.0 Å². The van der Waals surface area contributed by atoms with Crippen molar-refractivity contribution in [2.45, 2.75) is 11.8 Å². The first-order valence-electron chi connectivity index (χ1n) is 9.32. The van der Waals surface area contributed by atoms with Gasteiger partial charge in [0.1, 0.15) is 5.75 Å². The average Bonchev–Trinajstić information content (AvgIpc) is 2.76. The molecule has 0 atom stereocenters. The number of ether oxygens (including phenoxy) is 1. The van der Waals surface area contributed by atoms with Gasteiger partial charge in [-0.3, -0.25) is 4.72 Å². The number of anilines is 3. The molecule has 0 saturated heterocycles. The fraction of sp³-hybridized carbons (Fsp3) is 0.0909. The number of aryl methyl sites for hydroxylation is 1. The Kier molecular flexibility index (Phi) is 5.67. The summed E-state index contributed by atoms with van der Waals surface area (Å²) in [5.74, 6) is 0.901. The first-order chi connectivity index (χ1) is 14.9. The Morgan fingerprint density at radius 2 is 1.55 bits per heavy atom. The molecule has 0 spiro atoms. The summed E-state index contributed by atoms with van der Waals surface area (Å²) in [6.45, 7) is 1.91. The molecule has 0 radical (unpaired) electrons. The van der Waals surface area contributed by atoms with Crippen molar-refractivity contribution in [1.82, 2.24) is 9.97 Å². The van der Waals surface area contributed by atoms with E-state index in [0.29, 0.717) is 27.5 Å². The highest BCUT2D eigenvalue weighted by Crippen LogP contribution is 2.30. The van der Waals surface area contributed by atoms with E-state index in [9.17, 15) is 8.42 Å². The van der Waals surface area contributed by atoms with Crippen LogP contribution in [0.1, 0.15) is 5.56 Å². The van der Waals surface area contributed by atoms with E-state index in [1.165, 1.54) is 19.2 Å². The molecule has 1 heterocycles. The van der Waals surface area contributed by atoms with Crippen LogP contribution in [0.3, 0.4) is 0 Å². The molecular formula is C22H19ClN4O3S. The monoisotopic (exact) mass is 454 g/mol.